The number of furan rings is 1. The van der Waals surface area contributed by atoms with Crippen molar-refractivity contribution in [3.63, 3.8) is 0 Å². The summed E-state index contributed by atoms with van der Waals surface area (Å²) in [5.41, 5.74) is 3.99. The van der Waals surface area contributed by atoms with Crippen LogP contribution in [0.2, 0.25) is 0 Å². The molecule has 142 valence electrons. The fourth-order valence-electron chi connectivity index (χ4n) is 2.86. The number of nitrogens with one attached hydrogen (secondary N) is 1. The maximum Gasteiger partial charge on any atom is 0.316 e. The highest BCUT2D eigenvalue weighted by Crippen LogP contribution is 2.17. The van der Waals surface area contributed by atoms with Gasteiger partial charge in [0.25, 0.3) is 0 Å². The molecule has 8 heteroatoms. The molecule has 4 rings (SSSR count). The minimum absolute atomic E-state index is 0.0896. The second-order valence-electron chi connectivity index (χ2n) is 6.47. The molecule has 0 aliphatic rings. The maximum atomic E-state index is 12.1. The summed E-state index contributed by atoms with van der Waals surface area (Å²) in [7, 11) is 0. The number of nitrogens with zero attached hydrogens (tertiary/aromatic N) is 4. The second kappa shape index (κ2) is 7.51. The van der Waals surface area contributed by atoms with E-state index in [0.29, 0.717) is 18.1 Å². The lowest BCUT2D eigenvalue weighted by molar-refractivity contribution is 0.0904. The molecule has 0 radical (unpaired) electrons. The van der Waals surface area contributed by atoms with Crippen LogP contribution >= 0.6 is 0 Å². The molecule has 1 N–H and O–H groups in total. The summed E-state index contributed by atoms with van der Waals surface area (Å²) in [5.74, 6) is 0.469. The van der Waals surface area contributed by atoms with Crippen LogP contribution in [-0.2, 0) is 13.1 Å². The molecule has 8 nitrogen and oxygen atoms in total. The van der Waals surface area contributed by atoms with Crippen molar-refractivity contribution in [2.75, 3.05) is 0 Å². The van der Waals surface area contributed by atoms with Crippen molar-refractivity contribution < 1.29 is 13.7 Å². The minimum Gasteiger partial charge on any atom is -0.467 e. The van der Waals surface area contributed by atoms with E-state index in [2.05, 4.69) is 20.6 Å². The second-order valence-corrected chi connectivity index (χ2v) is 6.47. The topological polar surface area (TPSA) is 99.0 Å². The molecule has 0 atom stereocenters. The molecule has 0 bridgehead atoms. The lowest BCUT2D eigenvalue weighted by Gasteiger charge is -2.05. The summed E-state index contributed by atoms with van der Waals surface area (Å²) < 4.78 is 12.2. The highest BCUT2D eigenvalue weighted by atomic mass is 16.5. The van der Waals surface area contributed by atoms with Crippen molar-refractivity contribution in [3.05, 3.63) is 77.3 Å². The number of benzene rings is 1. The molecule has 0 saturated heterocycles. The molecule has 0 aliphatic carbocycles. The number of rotatable bonds is 6. The van der Waals surface area contributed by atoms with E-state index in [0.717, 1.165) is 22.5 Å². The molecule has 3 aromatic heterocycles. The summed E-state index contributed by atoms with van der Waals surface area (Å²) in [5, 5.41) is 11.0. The number of carbonyl (C=O) groups excluding carboxylic acids is 1. The zero-order valence-corrected chi connectivity index (χ0v) is 15.5. The highest BCUT2D eigenvalue weighted by Gasteiger charge is 2.16. The number of hydrogen-bond donors (Lipinski definition) is 1. The summed E-state index contributed by atoms with van der Waals surface area (Å²) in [6, 6.07) is 13.3. The van der Waals surface area contributed by atoms with Crippen LogP contribution in [0.25, 0.3) is 11.4 Å². The van der Waals surface area contributed by atoms with Crippen LogP contribution in [0.4, 0.5) is 0 Å². The lowest BCUT2D eigenvalue weighted by atomic mass is 10.1. The van der Waals surface area contributed by atoms with Crippen molar-refractivity contribution >= 4 is 5.91 Å². The molecular weight excluding hydrogens is 358 g/mol. The molecule has 0 aliphatic heterocycles. The van der Waals surface area contributed by atoms with Gasteiger partial charge in [0.2, 0.25) is 5.82 Å². The standard InChI is InChI=1S/C20H19N5O3/c1-13-10-14(2)25(23-13)12-15-5-7-16(8-6-15)18-22-20(28-24-18)19(26)21-11-17-4-3-9-27-17/h3-10H,11-12H2,1-2H3,(H,21,26). The van der Waals surface area contributed by atoms with Gasteiger partial charge in [-0.25, -0.2) is 0 Å². The largest absolute Gasteiger partial charge is 0.467 e. The smallest absolute Gasteiger partial charge is 0.316 e. The predicted octanol–water partition coefficient (Wildman–Crippen LogP) is 3.12. The van der Waals surface area contributed by atoms with Crippen LogP contribution < -0.4 is 5.32 Å². The van der Waals surface area contributed by atoms with E-state index >= 15 is 0 Å². The summed E-state index contributed by atoms with van der Waals surface area (Å²) >= 11 is 0. The zero-order valence-electron chi connectivity index (χ0n) is 15.5. The SMILES string of the molecule is Cc1cc(C)n(Cc2ccc(-c3noc(C(=O)NCc4ccco4)n3)cc2)n1. The Morgan fingerprint density at radius 2 is 2.00 bits per heavy atom. The fraction of sp³-hybridized carbons (Fsp3) is 0.200. The van der Waals surface area contributed by atoms with Crippen LogP contribution in [0.15, 0.2) is 57.7 Å². The van der Waals surface area contributed by atoms with Gasteiger partial charge >= 0.3 is 11.8 Å². The van der Waals surface area contributed by atoms with Crippen molar-refractivity contribution in [3.8, 4) is 11.4 Å². The van der Waals surface area contributed by atoms with Gasteiger partial charge in [-0.3, -0.25) is 9.48 Å². The average molecular weight is 377 g/mol. The molecule has 0 fully saturated rings. The van der Waals surface area contributed by atoms with Gasteiger partial charge in [0.15, 0.2) is 0 Å². The van der Waals surface area contributed by atoms with Crippen molar-refractivity contribution in [1.82, 2.24) is 25.2 Å². The van der Waals surface area contributed by atoms with Gasteiger partial charge in [0, 0.05) is 11.3 Å². The normalized spacial score (nSPS) is 10.9. The summed E-state index contributed by atoms with van der Waals surface area (Å²) in [4.78, 5) is 16.3. The first-order chi connectivity index (χ1) is 13.6. The third-order valence-electron chi connectivity index (χ3n) is 4.27. The van der Waals surface area contributed by atoms with E-state index in [1.54, 1.807) is 18.4 Å². The zero-order chi connectivity index (χ0) is 19.5. The number of hydrogen-bond acceptors (Lipinski definition) is 6. The van der Waals surface area contributed by atoms with Gasteiger partial charge in [-0.1, -0.05) is 29.4 Å². The quantitative estimate of drug-likeness (QED) is 0.554. The third-order valence-corrected chi connectivity index (χ3v) is 4.27. The molecule has 0 saturated carbocycles. The Kier molecular flexibility index (Phi) is 4.76. The molecule has 0 unspecified atom stereocenters. The molecule has 1 amide bonds. The molecule has 4 aromatic rings. The average Bonchev–Trinajstić information content (AvgIpc) is 3.43. The van der Waals surface area contributed by atoms with Gasteiger partial charge in [0.1, 0.15) is 5.76 Å². The maximum absolute atomic E-state index is 12.1. The number of aromatic nitrogens is 4. The van der Waals surface area contributed by atoms with E-state index in [4.69, 9.17) is 8.94 Å². The Bertz CT molecular complexity index is 1080. The first-order valence-electron chi connectivity index (χ1n) is 8.83. The van der Waals surface area contributed by atoms with Crippen LogP contribution in [0.5, 0.6) is 0 Å². The Morgan fingerprint density at radius 1 is 1.18 bits per heavy atom. The molecule has 1 aromatic carbocycles. The minimum atomic E-state index is -0.448. The lowest BCUT2D eigenvalue weighted by Crippen LogP contribution is -2.22. The van der Waals surface area contributed by atoms with Gasteiger partial charge in [-0.15, -0.1) is 0 Å². The Balaban J connectivity index is 1.42. The Morgan fingerprint density at radius 3 is 2.68 bits per heavy atom. The van der Waals surface area contributed by atoms with E-state index in [-0.39, 0.29) is 12.4 Å². The van der Waals surface area contributed by atoms with E-state index in [9.17, 15) is 4.79 Å². The molecule has 3 heterocycles. The van der Waals surface area contributed by atoms with E-state index in [1.165, 1.54) is 0 Å². The Labute approximate surface area is 161 Å². The number of carbonyl (C=O) groups is 1. The van der Waals surface area contributed by atoms with Gasteiger partial charge in [0.05, 0.1) is 25.0 Å². The molecule has 0 spiro atoms. The van der Waals surface area contributed by atoms with Crippen molar-refractivity contribution in [2.24, 2.45) is 0 Å². The number of amides is 1. The highest BCUT2D eigenvalue weighted by molar-refractivity contribution is 5.89. The first kappa shape index (κ1) is 17.7. The Hall–Kier alpha value is -3.68. The van der Waals surface area contributed by atoms with Crippen LogP contribution in [0.1, 0.15) is 33.4 Å². The van der Waals surface area contributed by atoms with Crippen LogP contribution in [-0.4, -0.2) is 25.8 Å². The van der Waals surface area contributed by atoms with Crippen LogP contribution in [0.3, 0.4) is 0 Å². The van der Waals surface area contributed by atoms with Crippen LogP contribution in [0, 0.1) is 13.8 Å². The van der Waals surface area contributed by atoms with Crippen molar-refractivity contribution in [2.45, 2.75) is 26.9 Å². The van der Waals surface area contributed by atoms with E-state index in [1.807, 2.05) is 48.9 Å². The van der Waals surface area contributed by atoms with Gasteiger partial charge in [-0.05, 0) is 37.6 Å². The molecular formula is C20H19N5O3. The van der Waals surface area contributed by atoms with E-state index < -0.39 is 5.91 Å². The third kappa shape index (κ3) is 3.85. The van der Waals surface area contributed by atoms with Crippen molar-refractivity contribution in [1.29, 1.82) is 0 Å². The predicted molar refractivity (Wildman–Crippen MR) is 100 cm³/mol. The monoisotopic (exact) mass is 377 g/mol. The fourth-order valence-corrected chi connectivity index (χ4v) is 2.86. The van der Waals surface area contributed by atoms with Gasteiger partial charge in [-0.2, -0.15) is 10.1 Å². The van der Waals surface area contributed by atoms with Gasteiger partial charge < -0.3 is 14.3 Å². The molecule has 28 heavy (non-hydrogen) atoms. The number of aryl methyl sites for hydroxylation is 2. The first-order valence-corrected chi connectivity index (χ1v) is 8.83. The summed E-state index contributed by atoms with van der Waals surface area (Å²) in [6.45, 7) is 4.95. The summed E-state index contributed by atoms with van der Waals surface area (Å²) in [6.07, 6.45) is 1.55.